The second-order valence-electron chi connectivity index (χ2n) is 9.52. The highest BCUT2D eigenvalue weighted by Crippen LogP contribution is 2.26. The number of carbonyl (C=O) groups is 4. The number of nitrogens with one attached hydrogen (secondary N) is 3. The molecule has 9 nitrogen and oxygen atoms in total. The van der Waals surface area contributed by atoms with E-state index in [4.69, 9.17) is 10.5 Å². The van der Waals surface area contributed by atoms with Gasteiger partial charge in [0.05, 0.1) is 11.9 Å². The van der Waals surface area contributed by atoms with Crippen molar-refractivity contribution in [2.24, 2.45) is 5.73 Å². The molecular weight excluding hydrogens is 576 g/mol. The van der Waals surface area contributed by atoms with Crippen LogP contribution in [0.1, 0.15) is 40.1 Å². The highest BCUT2D eigenvalue weighted by molar-refractivity contribution is 8.00. The Hall–Kier alpha value is -5.35. The van der Waals surface area contributed by atoms with Gasteiger partial charge < -0.3 is 26.4 Å². The molecule has 10 heteroatoms. The van der Waals surface area contributed by atoms with E-state index < -0.39 is 23.0 Å². The third-order valence-electron chi connectivity index (χ3n) is 6.28. The molecule has 0 radical (unpaired) electrons. The molecule has 4 aromatic rings. The van der Waals surface area contributed by atoms with E-state index in [1.807, 2.05) is 19.1 Å². The van der Waals surface area contributed by atoms with Gasteiger partial charge in [0.1, 0.15) is 11.4 Å². The van der Waals surface area contributed by atoms with Crippen LogP contribution >= 0.6 is 11.8 Å². The standard InChI is InChI=1S/C34H32N4O5S/c1-3-43-30-12-8-7-11-25(30)21-29(38-33(41)24-9-5-4-6-10-24)34(42)37-27-17-19-28(20-18-27)44-22(2)32(40)36-26-15-13-23(14-16-26)31(35)39/h4-22H,3H2,1-2H3,(H2,35,39)(H,36,40)(H,37,42)(H,38,41)/b29-21-. The van der Waals surface area contributed by atoms with E-state index in [2.05, 4.69) is 16.0 Å². The van der Waals surface area contributed by atoms with Crippen LogP contribution in [0.15, 0.2) is 114 Å². The molecule has 0 saturated heterocycles. The SMILES string of the molecule is CCOc1ccccc1/C=C(\NC(=O)c1ccccc1)C(=O)Nc1ccc(SC(C)C(=O)Nc2ccc(C(N)=O)cc2)cc1. The Morgan fingerprint density at radius 3 is 2.07 bits per heavy atom. The maximum Gasteiger partial charge on any atom is 0.272 e. The number of benzene rings is 4. The molecular formula is C34H32N4O5S. The number of anilines is 2. The lowest BCUT2D eigenvalue weighted by Crippen LogP contribution is -2.30. The van der Waals surface area contributed by atoms with E-state index >= 15 is 0 Å². The summed E-state index contributed by atoms with van der Waals surface area (Å²) in [5.74, 6) is -1.12. The quantitative estimate of drug-likeness (QED) is 0.120. The van der Waals surface area contributed by atoms with Gasteiger partial charge in [0, 0.05) is 33.0 Å². The zero-order valence-corrected chi connectivity index (χ0v) is 25.0. The molecule has 4 aromatic carbocycles. The zero-order chi connectivity index (χ0) is 31.5. The number of rotatable bonds is 12. The summed E-state index contributed by atoms with van der Waals surface area (Å²) in [6.45, 7) is 4.09. The van der Waals surface area contributed by atoms with Gasteiger partial charge in [0.15, 0.2) is 0 Å². The summed E-state index contributed by atoms with van der Waals surface area (Å²) in [5.41, 5.74) is 7.76. The predicted octanol–water partition coefficient (Wildman–Crippen LogP) is 5.71. The first-order chi connectivity index (χ1) is 21.2. The summed E-state index contributed by atoms with van der Waals surface area (Å²) < 4.78 is 5.70. The summed E-state index contributed by atoms with van der Waals surface area (Å²) in [7, 11) is 0. The fourth-order valence-corrected chi connectivity index (χ4v) is 4.89. The Morgan fingerprint density at radius 1 is 0.795 bits per heavy atom. The molecule has 4 amide bonds. The third kappa shape index (κ3) is 8.83. The van der Waals surface area contributed by atoms with Crippen LogP contribution < -0.4 is 26.4 Å². The lowest BCUT2D eigenvalue weighted by Gasteiger charge is -2.14. The number of para-hydroxylation sites is 1. The second kappa shape index (κ2) is 15.2. The molecule has 0 bridgehead atoms. The molecule has 0 aliphatic rings. The van der Waals surface area contributed by atoms with Crippen molar-refractivity contribution < 1.29 is 23.9 Å². The number of hydrogen-bond acceptors (Lipinski definition) is 6. The van der Waals surface area contributed by atoms with Crippen LogP contribution in [-0.4, -0.2) is 35.5 Å². The summed E-state index contributed by atoms with van der Waals surface area (Å²) in [4.78, 5) is 51.1. The topological polar surface area (TPSA) is 140 Å². The molecule has 0 aliphatic heterocycles. The summed E-state index contributed by atoms with van der Waals surface area (Å²) >= 11 is 1.35. The van der Waals surface area contributed by atoms with E-state index in [-0.39, 0.29) is 11.6 Å². The Morgan fingerprint density at radius 2 is 1.41 bits per heavy atom. The summed E-state index contributed by atoms with van der Waals surface area (Å²) in [6, 6.07) is 29.2. The highest BCUT2D eigenvalue weighted by Gasteiger charge is 2.18. The van der Waals surface area contributed by atoms with Gasteiger partial charge in [-0.2, -0.15) is 0 Å². The van der Waals surface area contributed by atoms with Crippen molar-refractivity contribution in [2.45, 2.75) is 24.0 Å². The smallest absolute Gasteiger partial charge is 0.272 e. The first kappa shape index (κ1) is 31.6. The minimum Gasteiger partial charge on any atom is -0.493 e. The first-order valence-corrected chi connectivity index (χ1v) is 14.7. The summed E-state index contributed by atoms with van der Waals surface area (Å²) in [5, 5.41) is 7.95. The number of thioether (sulfide) groups is 1. The molecule has 1 atom stereocenters. The van der Waals surface area contributed by atoms with Crippen LogP contribution in [0.25, 0.3) is 6.08 Å². The van der Waals surface area contributed by atoms with E-state index in [1.165, 1.54) is 11.8 Å². The number of nitrogens with two attached hydrogens (primary N) is 1. The monoisotopic (exact) mass is 608 g/mol. The Bertz CT molecular complexity index is 1660. The summed E-state index contributed by atoms with van der Waals surface area (Å²) in [6.07, 6.45) is 1.58. The van der Waals surface area contributed by atoms with Gasteiger partial charge in [0.2, 0.25) is 11.8 Å². The molecule has 1 unspecified atom stereocenters. The van der Waals surface area contributed by atoms with Crippen LogP contribution in [0.3, 0.4) is 0 Å². The normalized spacial score (nSPS) is 11.6. The van der Waals surface area contributed by atoms with E-state index in [0.29, 0.717) is 40.4 Å². The first-order valence-electron chi connectivity index (χ1n) is 13.8. The van der Waals surface area contributed by atoms with Gasteiger partial charge in [-0.05, 0) is 86.7 Å². The molecule has 0 fully saturated rings. The van der Waals surface area contributed by atoms with Crippen LogP contribution in [0.5, 0.6) is 5.75 Å². The number of hydrogen-bond donors (Lipinski definition) is 4. The maximum absolute atomic E-state index is 13.4. The zero-order valence-electron chi connectivity index (χ0n) is 24.2. The fraction of sp³-hybridized carbons (Fsp3) is 0.118. The minimum absolute atomic E-state index is 0.0404. The highest BCUT2D eigenvalue weighted by atomic mass is 32.2. The molecule has 0 aromatic heterocycles. The van der Waals surface area contributed by atoms with Gasteiger partial charge in [0.25, 0.3) is 11.8 Å². The van der Waals surface area contributed by atoms with Crippen molar-refractivity contribution in [2.75, 3.05) is 17.2 Å². The van der Waals surface area contributed by atoms with Crippen molar-refractivity contribution in [3.63, 3.8) is 0 Å². The van der Waals surface area contributed by atoms with Gasteiger partial charge in [-0.25, -0.2) is 0 Å². The van der Waals surface area contributed by atoms with Crippen molar-refractivity contribution >= 4 is 52.8 Å². The van der Waals surface area contributed by atoms with Crippen molar-refractivity contribution in [3.05, 3.63) is 126 Å². The number of ether oxygens (including phenoxy) is 1. The van der Waals surface area contributed by atoms with Crippen LogP contribution in [0, 0.1) is 0 Å². The van der Waals surface area contributed by atoms with E-state index in [9.17, 15) is 19.2 Å². The van der Waals surface area contributed by atoms with Crippen LogP contribution in [0.4, 0.5) is 11.4 Å². The number of primary amides is 1. The molecule has 5 N–H and O–H groups in total. The average molecular weight is 609 g/mol. The molecule has 4 rings (SSSR count). The van der Waals surface area contributed by atoms with Crippen molar-refractivity contribution in [1.82, 2.24) is 5.32 Å². The third-order valence-corrected chi connectivity index (χ3v) is 7.39. The molecule has 44 heavy (non-hydrogen) atoms. The minimum atomic E-state index is -0.539. The Balaban J connectivity index is 1.44. The van der Waals surface area contributed by atoms with Crippen molar-refractivity contribution in [1.29, 1.82) is 0 Å². The van der Waals surface area contributed by atoms with Gasteiger partial charge in [-0.3, -0.25) is 19.2 Å². The number of carbonyl (C=O) groups excluding carboxylic acids is 4. The maximum atomic E-state index is 13.4. The molecule has 0 aliphatic carbocycles. The van der Waals surface area contributed by atoms with Crippen LogP contribution in [-0.2, 0) is 9.59 Å². The van der Waals surface area contributed by atoms with Crippen molar-refractivity contribution in [3.8, 4) is 5.75 Å². The Kier molecular flexibility index (Phi) is 10.9. The predicted molar refractivity (Wildman–Crippen MR) is 173 cm³/mol. The second-order valence-corrected chi connectivity index (χ2v) is 10.9. The van der Waals surface area contributed by atoms with E-state index in [0.717, 1.165) is 4.90 Å². The molecule has 224 valence electrons. The lowest BCUT2D eigenvalue weighted by atomic mass is 10.1. The largest absolute Gasteiger partial charge is 0.493 e. The van der Waals surface area contributed by atoms with Gasteiger partial charge >= 0.3 is 0 Å². The van der Waals surface area contributed by atoms with Gasteiger partial charge in [-0.1, -0.05) is 36.4 Å². The molecule has 0 saturated carbocycles. The fourth-order valence-electron chi connectivity index (χ4n) is 4.02. The Labute approximate surface area is 259 Å². The molecule has 0 heterocycles. The van der Waals surface area contributed by atoms with Crippen LogP contribution in [0.2, 0.25) is 0 Å². The van der Waals surface area contributed by atoms with Gasteiger partial charge in [-0.15, -0.1) is 11.8 Å². The average Bonchev–Trinajstić information content (AvgIpc) is 3.03. The van der Waals surface area contributed by atoms with E-state index in [1.54, 1.807) is 104 Å². The molecule has 0 spiro atoms. The lowest BCUT2D eigenvalue weighted by molar-refractivity contribution is -0.115. The number of amides is 4.